The molecule has 0 radical (unpaired) electrons. The summed E-state index contributed by atoms with van der Waals surface area (Å²) in [4.78, 5) is 11.9. The third kappa shape index (κ3) is 4.55. The largest absolute Gasteiger partial charge is 0.477 e. The molecule has 0 unspecified atom stereocenters. The van der Waals surface area contributed by atoms with Crippen molar-refractivity contribution < 1.29 is 18.3 Å². The summed E-state index contributed by atoms with van der Waals surface area (Å²) in [6, 6.07) is 15.5. The fourth-order valence-electron chi connectivity index (χ4n) is 3.71. The first kappa shape index (κ1) is 23.5. The van der Waals surface area contributed by atoms with Crippen molar-refractivity contribution in [1.82, 2.24) is 9.29 Å². The molecule has 1 heterocycles. The van der Waals surface area contributed by atoms with Crippen LogP contribution in [0.2, 0.25) is 5.02 Å². The topological polar surface area (TPSA) is 112 Å². The molecule has 0 aliphatic carbocycles. The highest BCUT2D eigenvalue weighted by molar-refractivity contribution is 7.89. The van der Waals surface area contributed by atoms with Gasteiger partial charge in [0, 0.05) is 24.8 Å². The highest BCUT2D eigenvalue weighted by atomic mass is 35.5. The van der Waals surface area contributed by atoms with Gasteiger partial charge >= 0.3 is 5.97 Å². The maximum absolute atomic E-state index is 12.4. The molecule has 1 aromatic heterocycles. The number of hydrogen-bond donors (Lipinski definition) is 2. The third-order valence-electron chi connectivity index (χ3n) is 5.24. The number of aromatic carboxylic acids is 1. The molecule has 2 N–H and O–H groups in total. The van der Waals surface area contributed by atoms with E-state index in [0.29, 0.717) is 35.2 Å². The molecule has 3 rings (SSSR count). The molecule has 166 valence electrons. The second kappa shape index (κ2) is 9.57. The second-order valence-electron chi connectivity index (χ2n) is 7.15. The van der Waals surface area contributed by atoms with Crippen LogP contribution in [0.5, 0.6) is 0 Å². The number of nitriles is 1. The summed E-state index contributed by atoms with van der Waals surface area (Å²) < 4.78 is 29.0. The Balaban J connectivity index is 1.80. The first-order chi connectivity index (χ1) is 15.2. The standard InChI is InChI=1S/C23H22ClN3O4S/c1-3-19-17(14-25)21(22(23(28)29)27(19)2)16-10-8-15(9-11-16)12-13-26-32(30,31)20-7-5-4-6-18(20)24/h4-11,26H,3,12-13H2,1-2H3,(H,28,29). The first-order valence-corrected chi connectivity index (χ1v) is 11.8. The van der Waals surface area contributed by atoms with E-state index in [4.69, 9.17) is 11.6 Å². The molecule has 7 nitrogen and oxygen atoms in total. The Morgan fingerprint density at radius 3 is 2.41 bits per heavy atom. The number of benzene rings is 2. The Bertz CT molecular complexity index is 1310. The normalized spacial score (nSPS) is 11.3. The van der Waals surface area contributed by atoms with Crippen molar-refractivity contribution in [3.05, 3.63) is 76.1 Å². The smallest absolute Gasteiger partial charge is 0.353 e. The summed E-state index contributed by atoms with van der Waals surface area (Å²) >= 11 is 5.98. The third-order valence-corrected chi connectivity index (χ3v) is 7.20. The maximum atomic E-state index is 12.4. The van der Waals surface area contributed by atoms with Crippen LogP contribution in [0, 0.1) is 11.3 Å². The number of carboxylic acid groups (broad SMARTS) is 1. The van der Waals surface area contributed by atoms with Crippen molar-refractivity contribution in [2.45, 2.75) is 24.7 Å². The van der Waals surface area contributed by atoms with Crippen molar-refractivity contribution in [2.75, 3.05) is 6.54 Å². The van der Waals surface area contributed by atoms with Gasteiger partial charge in [-0.05, 0) is 36.1 Å². The Hall–Kier alpha value is -3.12. The van der Waals surface area contributed by atoms with E-state index >= 15 is 0 Å². The van der Waals surface area contributed by atoms with Gasteiger partial charge in [-0.15, -0.1) is 0 Å². The lowest BCUT2D eigenvalue weighted by atomic mass is 9.98. The monoisotopic (exact) mass is 471 g/mol. The molecule has 0 bridgehead atoms. The Kier molecular flexibility index (Phi) is 7.04. The summed E-state index contributed by atoms with van der Waals surface area (Å²) in [7, 11) is -2.08. The molecule has 0 aliphatic heterocycles. The van der Waals surface area contributed by atoms with Crippen LogP contribution in [0.3, 0.4) is 0 Å². The van der Waals surface area contributed by atoms with Gasteiger partial charge in [0.1, 0.15) is 16.7 Å². The number of aromatic nitrogens is 1. The number of hydrogen-bond acceptors (Lipinski definition) is 4. The van der Waals surface area contributed by atoms with Crippen LogP contribution in [0.15, 0.2) is 53.4 Å². The molecular formula is C23H22ClN3O4S. The molecule has 3 aromatic rings. The van der Waals surface area contributed by atoms with Gasteiger partial charge < -0.3 is 9.67 Å². The van der Waals surface area contributed by atoms with Gasteiger partial charge in [-0.2, -0.15) is 5.26 Å². The van der Waals surface area contributed by atoms with Crippen molar-refractivity contribution in [2.24, 2.45) is 7.05 Å². The summed E-state index contributed by atoms with van der Waals surface area (Å²) in [6.07, 6.45) is 0.958. The molecule has 0 saturated carbocycles. The quantitative estimate of drug-likeness (QED) is 0.515. The minimum atomic E-state index is -3.73. The highest BCUT2D eigenvalue weighted by Gasteiger charge is 2.25. The lowest BCUT2D eigenvalue weighted by molar-refractivity contribution is 0.0687. The van der Waals surface area contributed by atoms with E-state index in [-0.39, 0.29) is 22.2 Å². The van der Waals surface area contributed by atoms with Crippen molar-refractivity contribution in [3.63, 3.8) is 0 Å². The first-order valence-electron chi connectivity index (χ1n) is 9.89. The molecule has 0 aliphatic rings. The van der Waals surface area contributed by atoms with Crippen LogP contribution < -0.4 is 4.72 Å². The number of nitrogens with one attached hydrogen (secondary N) is 1. The van der Waals surface area contributed by atoms with Gasteiger partial charge in [0.2, 0.25) is 10.0 Å². The molecule has 0 spiro atoms. The van der Waals surface area contributed by atoms with E-state index in [1.54, 1.807) is 48.0 Å². The summed E-state index contributed by atoms with van der Waals surface area (Å²) in [5.41, 5.74) is 2.96. The van der Waals surface area contributed by atoms with Gasteiger partial charge in [-0.25, -0.2) is 17.9 Å². The predicted octanol–water partition coefficient (Wildman–Crippen LogP) is 4.00. The van der Waals surface area contributed by atoms with Crippen LogP contribution in [-0.4, -0.2) is 30.6 Å². The van der Waals surface area contributed by atoms with Crippen molar-refractivity contribution >= 4 is 27.6 Å². The molecule has 0 amide bonds. The zero-order valence-electron chi connectivity index (χ0n) is 17.6. The minimum Gasteiger partial charge on any atom is -0.477 e. The fraction of sp³-hybridized carbons (Fsp3) is 0.217. The molecule has 9 heteroatoms. The Labute approximate surface area is 191 Å². The highest BCUT2D eigenvalue weighted by Crippen LogP contribution is 2.32. The molecule has 0 saturated heterocycles. The van der Waals surface area contributed by atoms with E-state index in [9.17, 15) is 23.6 Å². The second-order valence-corrected chi connectivity index (χ2v) is 9.29. The van der Waals surface area contributed by atoms with Crippen LogP contribution >= 0.6 is 11.6 Å². The summed E-state index contributed by atoms with van der Waals surface area (Å²) in [5.74, 6) is -1.10. The number of rotatable bonds is 8. The van der Waals surface area contributed by atoms with Crippen molar-refractivity contribution in [3.8, 4) is 17.2 Å². The number of sulfonamides is 1. The SMILES string of the molecule is CCc1c(C#N)c(-c2ccc(CCNS(=O)(=O)c3ccccc3Cl)cc2)c(C(=O)O)n1C. The Morgan fingerprint density at radius 2 is 1.84 bits per heavy atom. The molecular weight excluding hydrogens is 450 g/mol. The summed E-state index contributed by atoms with van der Waals surface area (Å²) in [5, 5.41) is 19.5. The zero-order chi connectivity index (χ0) is 23.5. The minimum absolute atomic E-state index is 0.0260. The van der Waals surface area contributed by atoms with Gasteiger partial charge in [0.15, 0.2) is 0 Å². The van der Waals surface area contributed by atoms with Crippen LogP contribution in [0.4, 0.5) is 0 Å². The average Bonchev–Trinajstić information content (AvgIpc) is 3.05. The average molecular weight is 472 g/mol. The number of carboxylic acids is 1. The van der Waals surface area contributed by atoms with Crippen molar-refractivity contribution in [1.29, 1.82) is 5.26 Å². The van der Waals surface area contributed by atoms with Gasteiger partial charge in [-0.3, -0.25) is 0 Å². The molecule has 0 fully saturated rings. The fourth-order valence-corrected chi connectivity index (χ4v) is 5.26. The van der Waals surface area contributed by atoms with Crippen LogP contribution in [0.1, 0.15) is 34.2 Å². The van der Waals surface area contributed by atoms with E-state index < -0.39 is 16.0 Å². The lowest BCUT2D eigenvalue weighted by Gasteiger charge is -2.09. The van der Waals surface area contributed by atoms with E-state index in [0.717, 1.165) is 5.56 Å². The van der Waals surface area contributed by atoms with Gasteiger partial charge in [0.05, 0.1) is 10.6 Å². The summed E-state index contributed by atoms with van der Waals surface area (Å²) in [6.45, 7) is 2.04. The van der Waals surface area contributed by atoms with E-state index in [1.807, 2.05) is 6.92 Å². The van der Waals surface area contributed by atoms with Gasteiger partial charge in [0.25, 0.3) is 0 Å². The number of nitrogens with zero attached hydrogens (tertiary/aromatic N) is 2. The van der Waals surface area contributed by atoms with E-state index in [1.165, 1.54) is 12.1 Å². The molecule has 2 aromatic carbocycles. The van der Waals surface area contributed by atoms with Crippen LogP contribution in [-0.2, 0) is 29.9 Å². The number of carbonyl (C=O) groups is 1. The maximum Gasteiger partial charge on any atom is 0.353 e. The number of halogens is 1. The lowest BCUT2D eigenvalue weighted by Crippen LogP contribution is -2.26. The zero-order valence-corrected chi connectivity index (χ0v) is 19.2. The van der Waals surface area contributed by atoms with E-state index in [2.05, 4.69) is 10.8 Å². The predicted molar refractivity (Wildman–Crippen MR) is 122 cm³/mol. The molecule has 32 heavy (non-hydrogen) atoms. The van der Waals surface area contributed by atoms with Gasteiger partial charge in [-0.1, -0.05) is 54.9 Å². The Morgan fingerprint density at radius 1 is 1.19 bits per heavy atom. The van der Waals surface area contributed by atoms with Crippen LogP contribution in [0.25, 0.3) is 11.1 Å². The molecule has 0 atom stereocenters.